The van der Waals surface area contributed by atoms with Crippen molar-refractivity contribution in [2.45, 2.75) is 0 Å². The minimum absolute atomic E-state index is 0.299. The number of nitrogens with one attached hydrogen (secondary N) is 1. The second-order valence-corrected chi connectivity index (χ2v) is 5.97. The van der Waals surface area contributed by atoms with Crippen molar-refractivity contribution in [2.24, 2.45) is 0 Å². The second kappa shape index (κ2) is 7.83. The molecule has 134 valence electrons. The van der Waals surface area contributed by atoms with E-state index in [1.54, 1.807) is 24.5 Å². The molecule has 0 radical (unpaired) electrons. The zero-order valence-electron chi connectivity index (χ0n) is 14.5. The van der Waals surface area contributed by atoms with Crippen LogP contribution in [0.25, 0.3) is 11.3 Å². The third-order valence-corrected chi connectivity index (χ3v) is 4.39. The summed E-state index contributed by atoms with van der Waals surface area (Å²) >= 11 is 1.33. The van der Waals surface area contributed by atoms with Crippen LogP contribution in [0.4, 0.5) is 5.13 Å². The van der Waals surface area contributed by atoms with E-state index in [2.05, 4.69) is 15.3 Å². The molecule has 0 saturated carbocycles. The fourth-order valence-electron chi connectivity index (χ4n) is 2.42. The third kappa shape index (κ3) is 3.45. The van der Waals surface area contributed by atoms with E-state index in [0.29, 0.717) is 27.9 Å². The van der Waals surface area contributed by atoms with Crippen molar-refractivity contribution in [1.29, 1.82) is 0 Å². The Hall–Kier alpha value is -3.13. The summed E-state index contributed by atoms with van der Waals surface area (Å²) in [6.45, 7) is 0. The van der Waals surface area contributed by atoms with E-state index in [4.69, 9.17) is 14.2 Å². The lowest BCUT2D eigenvalue weighted by Crippen LogP contribution is -2.13. The zero-order valence-corrected chi connectivity index (χ0v) is 15.3. The van der Waals surface area contributed by atoms with Gasteiger partial charge >= 0.3 is 0 Å². The number of ether oxygens (including phenoxy) is 3. The number of aromatic nitrogens is 2. The molecule has 0 atom stereocenters. The highest BCUT2D eigenvalue weighted by Gasteiger charge is 2.21. The lowest BCUT2D eigenvalue weighted by molar-refractivity contribution is 0.102. The summed E-state index contributed by atoms with van der Waals surface area (Å²) in [6, 6.07) is 7.01. The monoisotopic (exact) mass is 371 g/mol. The number of benzene rings is 1. The number of pyridine rings is 1. The Bertz CT molecular complexity index is 912. The first-order valence-electron chi connectivity index (χ1n) is 7.64. The molecule has 7 nitrogen and oxygen atoms in total. The fraction of sp³-hybridized carbons (Fsp3) is 0.167. The van der Waals surface area contributed by atoms with Gasteiger partial charge in [0, 0.05) is 23.3 Å². The van der Waals surface area contributed by atoms with E-state index >= 15 is 0 Å². The molecule has 0 spiro atoms. The molecule has 3 rings (SSSR count). The van der Waals surface area contributed by atoms with E-state index in [-0.39, 0.29) is 5.91 Å². The van der Waals surface area contributed by atoms with Gasteiger partial charge in [0.1, 0.15) is 0 Å². The van der Waals surface area contributed by atoms with Crippen LogP contribution >= 0.6 is 11.3 Å². The predicted molar refractivity (Wildman–Crippen MR) is 99.4 cm³/mol. The SMILES string of the molecule is COc1ccc(C(=O)Nc2nc(-c3cccnc3)cs2)c(OC)c1OC. The average molecular weight is 371 g/mol. The number of hydrogen-bond donors (Lipinski definition) is 1. The molecule has 0 aliphatic heterocycles. The molecular weight excluding hydrogens is 354 g/mol. The van der Waals surface area contributed by atoms with Gasteiger partial charge in [0.25, 0.3) is 5.91 Å². The van der Waals surface area contributed by atoms with Gasteiger partial charge in [-0.2, -0.15) is 0 Å². The van der Waals surface area contributed by atoms with Crippen molar-refractivity contribution in [3.05, 3.63) is 47.6 Å². The standard InChI is InChI=1S/C18H17N3O4S/c1-23-14-7-6-12(15(24-2)16(14)25-3)17(22)21-18-20-13(10-26-18)11-5-4-8-19-9-11/h4-10H,1-3H3,(H,20,21,22). The van der Waals surface area contributed by atoms with Gasteiger partial charge in [0.2, 0.25) is 5.75 Å². The molecular formula is C18H17N3O4S. The summed E-state index contributed by atoms with van der Waals surface area (Å²) in [5, 5.41) is 5.12. The van der Waals surface area contributed by atoms with Crippen molar-refractivity contribution in [1.82, 2.24) is 9.97 Å². The molecule has 8 heteroatoms. The number of nitrogens with zero attached hydrogens (tertiary/aromatic N) is 2. The topological polar surface area (TPSA) is 82.6 Å². The lowest BCUT2D eigenvalue weighted by Gasteiger charge is -2.15. The van der Waals surface area contributed by atoms with Crippen LogP contribution in [0.1, 0.15) is 10.4 Å². The Morgan fingerprint density at radius 3 is 2.54 bits per heavy atom. The first kappa shape index (κ1) is 17.7. The van der Waals surface area contributed by atoms with Crippen LogP contribution in [0.2, 0.25) is 0 Å². The van der Waals surface area contributed by atoms with Crippen LogP contribution < -0.4 is 19.5 Å². The van der Waals surface area contributed by atoms with Crippen LogP contribution in [0, 0.1) is 0 Å². The molecule has 0 bridgehead atoms. The largest absolute Gasteiger partial charge is 0.493 e. The molecule has 1 N–H and O–H groups in total. The van der Waals surface area contributed by atoms with Crippen molar-refractivity contribution in [2.75, 3.05) is 26.6 Å². The Kier molecular flexibility index (Phi) is 5.33. The minimum Gasteiger partial charge on any atom is -0.493 e. The molecule has 3 aromatic rings. The van der Waals surface area contributed by atoms with Crippen LogP contribution in [0.3, 0.4) is 0 Å². The van der Waals surface area contributed by atoms with Gasteiger partial charge < -0.3 is 14.2 Å². The average Bonchev–Trinajstić information content (AvgIpc) is 3.15. The first-order chi connectivity index (χ1) is 12.7. The van der Waals surface area contributed by atoms with Crippen molar-refractivity contribution >= 4 is 22.4 Å². The molecule has 0 aliphatic rings. The lowest BCUT2D eigenvalue weighted by atomic mass is 10.1. The molecule has 1 aromatic carbocycles. The first-order valence-corrected chi connectivity index (χ1v) is 8.52. The quantitative estimate of drug-likeness (QED) is 0.714. The number of anilines is 1. The molecule has 1 amide bonds. The Morgan fingerprint density at radius 1 is 1.08 bits per heavy atom. The van der Waals surface area contributed by atoms with Gasteiger partial charge in [-0.25, -0.2) is 4.98 Å². The van der Waals surface area contributed by atoms with E-state index in [0.717, 1.165) is 11.3 Å². The zero-order chi connectivity index (χ0) is 18.5. The molecule has 0 aliphatic carbocycles. The summed E-state index contributed by atoms with van der Waals surface area (Å²) in [6.07, 6.45) is 3.42. The maximum Gasteiger partial charge on any atom is 0.261 e. The Morgan fingerprint density at radius 2 is 1.88 bits per heavy atom. The second-order valence-electron chi connectivity index (χ2n) is 5.12. The number of carbonyl (C=O) groups excluding carboxylic acids is 1. The van der Waals surface area contributed by atoms with Gasteiger partial charge in [-0.3, -0.25) is 15.1 Å². The molecule has 0 saturated heterocycles. The van der Waals surface area contributed by atoms with Crippen LogP contribution in [0.5, 0.6) is 17.2 Å². The van der Waals surface area contributed by atoms with Crippen LogP contribution in [0.15, 0.2) is 42.0 Å². The van der Waals surface area contributed by atoms with E-state index in [9.17, 15) is 4.79 Å². The van der Waals surface area contributed by atoms with Gasteiger partial charge in [-0.15, -0.1) is 11.3 Å². The van der Waals surface area contributed by atoms with Crippen molar-refractivity contribution < 1.29 is 19.0 Å². The summed E-state index contributed by atoms with van der Waals surface area (Å²) in [4.78, 5) is 21.2. The number of carbonyl (C=O) groups is 1. The van der Waals surface area contributed by atoms with Gasteiger partial charge in [-0.1, -0.05) is 0 Å². The molecule has 2 aromatic heterocycles. The van der Waals surface area contributed by atoms with Crippen LogP contribution in [-0.2, 0) is 0 Å². The molecule has 26 heavy (non-hydrogen) atoms. The highest BCUT2D eigenvalue weighted by molar-refractivity contribution is 7.14. The summed E-state index contributed by atoms with van der Waals surface area (Å²) < 4.78 is 15.9. The normalized spacial score (nSPS) is 10.3. The summed E-state index contributed by atoms with van der Waals surface area (Å²) in [5.74, 6) is 0.787. The van der Waals surface area contributed by atoms with Crippen LogP contribution in [-0.4, -0.2) is 37.2 Å². The number of hydrogen-bond acceptors (Lipinski definition) is 7. The smallest absolute Gasteiger partial charge is 0.261 e. The fourth-order valence-corrected chi connectivity index (χ4v) is 3.14. The maximum absolute atomic E-state index is 12.7. The van der Waals surface area contributed by atoms with Crippen molar-refractivity contribution in [3.63, 3.8) is 0 Å². The van der Waals surface area contributed by atoms with Gasteiger partial charge in [-0.05, 0) is 24.3 Å². The highest BCUT2D eigenvalue weighted by Crippen LogP contribution is 2.40. The number of thiazole rings is 1. The predicted octanol–water partition coefficient (Wildman–Crippen LogP) is 3.48. The van der Waals surface area contributed by atoms with E-state index in [1.807, 2.05) is 17.5 Å². The van der Waals surface area contributed by atoms with Gasteiger partial charge in [0.15, 0.2) is 16.6 Å². The minimum atomic E-state index is -0.352. The van der Waals surface area contributed by atoms with E-state index < -0.39 is 0 Å². The molecule has 0 unspecified atom stereocenters. The summed E-state index contributed by atoms with van der Waals surface area (Å²) in [5.41, 5.74) is 1.95. The Balaban J connectivity index is 1.86. The molecule has 0 fully saturated rings. The number of methoxy groups -OCH3 is 3. The third-order valence-electron chi connectivity index (χ3n) is 3.63. The molecule has 2 heterocycles. The van der Waals surface area contributed by atoms with Gasteiger partial charge in [0.05, 0.1) is 32.6 Å². The number of amides is 1. The van der Waals surface area contributed by atoms with E-state index in [1.165, 1.54) is 32.7 Å². The number of rotatable bonds is 6. The maximum atomic E-state index is 12.7. The summed E-state index contributed by atoms with van der Waals surface area (Å²) in [7, 11) is 4.48. The Labute approximate surface area is 154 Å². The highest BCUT2D eigenvalue weighted by atomic mass is 32.1. The van der Waals surface area contributed by atoms with Crippen molar-refractivity contribution in [3.8, 4) is 28.5 Å².